The molecule has 0 atom stereocenters. The minimum atomic E-state index is -0.718. The number of aliphatic carboxylic acids is 1. The normalized spacial score (nSPS) is 10.5. The van der Waals surface area contributed by atoms with E-state index in [1.165, 1.54) is 0 Å². The first-order chi connectivity index (χ1) is 9.08. The number of carbonyl (C=O) groups is 1. The molecule has 7 heteroatoms. The number of aryl methyl sites for hydroxylation is 1. The minimum Gasteiger partial charge on any atom is -0.481 e. The van der Waals surface area contributed by atoms with Gasteiger partial charge in [0.2, 0.25) is 11.9 Å². The first-order valence-corrected chi connectivity index (χ1v) is 6.55. The lowest BCUT2D eigenvalue weighted by Crippen LogP contribution is -2.06. The lowest BCUT2D eigenvalue weighted by molar-refractivity contribution is -0.137. The molecule has 0 radical (unpaired) electrons. The average Bonchev–Trinajstić information content (AvgIpc) is 2.31. The summed E-state index contributed by atoms with van der Waals surface area (Å²) in [6, 6.07) is 0. The van der Waals surface area contributed by atoms with Gasteiger partial charge in [0.15, 0.2) is 0 Å². The standard InChI is InChI=1S/C12H21N5O2/c13-11-15-9(16-12(14)17-11)7-5-3-1-2-4-6-8-10(18)19/h1-8H2,(H,18,19)(H4,13,14,15,16,17). The molecule has 7 nitrogen and oxygen atoms in total. The molecule has 0 bridgehead atoms. The van der Waals surface area contributed by atoms with Gasteiger partial charge in [-0.2, -0.15) is 15.0 Å². The van der Waals surface area contributed by atoms with Crippen LogP contribution in [0, 0.1) is 0 Å². The number of aromatic nitrogens is 3. The molecule has 1 rings (SSSR count). The van der Waals surface area contributed by atoms with Crippen LogP contribution in [0.2, 0.25) is 0 Å². The van der Waals surface area contributed by atoms with Gasteiger partial charge in [0.25, 0.3) is 0 Å². The maximum absolute atomic E-state index is 10.3. The smallest absolute Gasteiger partial charge is 0.303 e. The molecule has 5 N–H and O–H groups in total. The maximum Gasteiger partial charge on any atom is 0.303 e. The first-order valence-electron chi connectivity index (χ1n) is 6.55. The van der Waals surface area contributed by atoms with Gasteiger partial charge in [-0.1, -0.05) is 25.7 Å². The Hall–Kier alpha value is -1.92. The van der Waals surface area contributed by atoms with Crippen molar-refractivity contribution in [3.05, 3.63) is 5.82 Å². The largest absolute Gasteiger partial charge is 0.481 e. The number of carboxylic acids is 1. The Balaban J connectivity index is 2.06. The first kappa shape index (κ1) is 15.1. The van der Waals surface area contributed by atoms with E-state index in [-0.39, 0.29) is 18.3 Å². The summed E-state index contributed by atoms with van der Waals surface area (Å²) in [7, 11) is 0. The summed E-state index contributed by atoms with van der Waals surface area (Å²) >= 11 is 0. The second-order valence-corrected chi connectivity index (χ2v) is 4.48. The quantitative estimate of drug-likeness (QED) is 0.577. The zero-order valence-corrected chi connectivity index (χ0v) is 11.0. The van der Waals surface area contributed by atoms with Crippen molar-refractivity contribution < 1.29 is 9.90 Å². The van der Waals surface area contributed by atoms with Gasteiger partial charge in [-0.05, 0) is 12.8 Å². The third kappa shape index (κ3) is 7.17. The molecule has 0 saturated heterocycles. The molecular formula is C12H21N5O2. The summed E-state index contributed by atoms with van der Waals surface area (Å²) < 4.78 is 0. The van der Waals surface area contributed by atoms with Crippen LogP contribution in [0.5, 0.6) is 0 Å². The van der Waals surface area contributed by atoms with Gasteiger partial charge < -0.3 is 16.6 Å². The van der Waals surface area contributed by atoms with E-state index in [0.717, 1.165) is 44.9 Å². The van der Waals surface area contributed by atoms with Crippen LogP contribution in [0.1, 0.15) is 50.8 Å². The van der Waals surface area contributed by atoms with Crippen molar-refractivity contribution in [2.24, 2.45) is 0 Å². The summed E-state index contributed by atoms with van der Waals surface area (Å²) in [5, 5.41) is 8.49. The van der Waals surface area contributed by atoms with E-state index in [1.807, 2.05) is 0 Å². The van der Waals surface area contributed by atoms with Crippen LogP contribution in [-0.2, 0) is 11.2 Å². The van der Waals surface area contributed by atoms with Gasteiger partial charge in [0.1, 0.15) is 5.82 Å². The van der Waals surface area contributed by atoms with Crippen LogP contribution < -0.4 is 11.5 Å². The zero-order chi connectivity index (χ0) is 14.1. The molecule has 0 unspecified atom stereocenters. The van der Waals surface area contributed by atoms with E-state index in [0.29, 0.717) is 5.82 Å². The van der Waals surface area contributed by atoms with E-state index in [1.54, 1.807) is 0 Å². The van der Waals surface area contributed by atoms with Crippen molar-refractivity contribution in [2.45, 2.75) is 51.4 Å². The highest BCUT2D eigenvalue weighted by atomic mass is 16.4. The van der Waals surface area contributed by atoms with Gasteiger partial charge in [-0.3, -0.25) is 4.79 Å². The van der Waals surface area contributed by atoms with Crippen molar-refractivity contribution in [3.63, 3.8) is 0 Å². The molecule has 0 aromatic carbocycles. The third-order valence-electron chi connectivity index (χ3n) is 2.76. The number of carboxylic acid groups (broad SMARTS) is 1. The fraction of sp³-hybridized carbons (Fsp3) is 0.667. The predicted molar refractivity (Wildman–Crippen MR) is 72.3 cm³/mol. The Labute approximate surface area is 112 Å². The summed E-state index contributed by atoms with van der Waals surface area (Å²) in [5.74, 6) is 0.244. The van der Waals surface area contributed by atoms with Crippen molar-refractivity contribution in [3.8, 4) is 0 Å². The Morgan fingerprint density at radius 3 is 2.00 bits per heavy atom. The maximum atomic E-state index is 10.3. The fourth-order valence-electron chi connectivity index (χ4n) is 1.84. The van der Waals surface area contributed by atoms with Crippen LogP contribution in [0.25, 0.3) is 0 Å². The van der Waals surface area contributed by atoms with E-state index >= 15 is 0 Å². The van der Waals surface area contributed by atoms with E-state index in [4.69, 9.17) is 16.6 Å². The number of hydrogen-bond acceptors (Lipinski definition) is 6. The van der Waals surface area contributed by atoms with Gasteiger partial charge >= 0.3 is 5.97 Å². The molecular weight excluding hydrogens is 246 g/mol. The van der Waals surface area contributed by atoms with Crippen molar-refractivity contribution in [1.82, 2.24) is 15.0 Å². The summed E-state index contributed by atoms with van der Waals surface area (Å²) in [6.07, 6.45) is 6.94. The number of hydrogen-bond donors (Lipinski definition) is 3. The Morgan fingerprint density at radius 1 is 0.895 bits per heavy atom. The van der Waals surface area contributed by atoms with Gasteiger partial charge in [-0.15, -0.1) is 0 Å². The van der Waals surface area contributed by atoms with E-state index in [9.17, 15) is 4.79 Å². The molecule has 1 heterocycles. The number of unbranched alkanes of at least 4 members (excludes halogenated alkanes) is 5. The SMILES string of the molecule is Nc1nc(N)nc(CCCCCCCCC(=O)O)n1. The molecule has 1 aromatic heterocycles. The Kier molecular flexibility index (Phi) is 6.56. The van der Waals surface area contributed by atoms with Gasteiger partial charge in [0, 0.05) is 12.8 Å². The lowest BCUT2D eigenvalue weighted by Gasteiger charge is -2.02. The van der Waals surface area contributed by atoms with Gasteiger partial charge in [0.05, 0.1) is 0 Å². The number of rotatable bonds is 9. The van der Waals surface area contributed by atoms with E-state index < -0.39 is 5.97 Å². The number of nitrogen functional groups attached to an aromatic ring is 2. The molecule has 0 amide bonds. The van der Waals surface area contributed by atoms with Crippen molar-refractivity contribution in [1.29, 1.82) is 0 Å². The van der Waals surface area contributed by atoms with Crippen molar-refractivity contribution >= 4 is 17.9 Å². The summed E-state index contributed by atoms with van der Waals surface area (Å²) in [5.41, 5.74) is 11.0. The van der Waals surface area contributed by atoms with Crippen LogP contribution >= 0.6 is 0 Å². The Morgan fingerprint density at radius 2 is 1.42 bits per heavy atom. The molecule has 19 heavy (non-hydrogen) atoms. The second-order valence-electron chi connectivity index (χ2n) is 4.48. The molecule has 0 aliphatic rings. The van der Waals surface area contributed by atoms with E-state index in [2.05, 4.69) is 15.0 Å². The summed E-state index contributed by atoms with van der Waals surface area (Å²) in [6.45, 7) is 0. The van der Waals surface area contributed by atoms with Crippen LogP contribution in [0.15, 0.2) is 0 Å². The summed E-state index contributed by atoms with van der Waals surface area (Å²) in [4.78, 5) is 22.0. The lowest BCUT2D eigenvalue weighted by atomic mass is 10.1. The fourth-order valence-corrected chi connectivity index (χ4v) is 1.84. The average molecular weight is 267 g/mol. The highest BCUT2D eigenvalue weighted by Crippen LogP contribution is 2.09. The minimum absolute atomic E-state index is 0.163. The van der Waals surface area contributed by atoms with Gasteiger partial charge in [-0.25, -0.2) is 0 Å². The molecule has 0 fully saturated rings. The second kappa shape index (κ2) is 8.23. The van der Waals surface area contributed by atoms with Crippen LogP contribution in [0.3, 0.4) is 0 Å². The molecule has 1 aromatic rings. The molecule has 0 aliphatic heterocycles. The van der Waals surface area contributed by atoms with Crippen LogP contribution in [-0.4, -0.2) is 26.0 Å². The molecule has 106 valence electrons. The number of nitrogens with two attached hydrogens (primary N) is 2. The third-order valence-corrected chi connectivity index (χ3v) is 2.76. The topological polar surface area (TPSA) is 128 Å². The predicted octanol–water partition coefficient (Wildman–Crippen LogP) is 1.39. The number of nitrogens with zero attached hydrogens (tertiary/aromatic N) is 3. The molecule has 0 saturated carbocycles. The highest BCUT2D eigenvalue weighted by Gasteiger charge is 2.02. The van der Waals surface area contributed by atoms with Crippen molar-refractivity contribution in [2.75, 3.05) is 11.5 Å². The number of anilines is 2. The van der Waals surface area contributed by atoms with Crippen LogP contribution in [0.4, 0.5) is 11.9 Å². The highest BCUT2D eigenvalue weighted by molar-refractivity contribution is 5.66. The molecule has 0 aliphatic carbocycles. The molecule has 0 spiro atoms. The monoisotopic (exact) mass is 267 g/mol. The Bertz CT molecular complexity index is 391. The zero-order valence-electron chi connectivity index (χ0n) is 11.0.